The van der Waals surface area contributed by atoms with E-state index < -0.39 is 5.82 Å². The molecule has 1 aromatic heterocycles. The van der Waals surface area contributed by atoms with E-state index in [4.69, 9.17) is 0 Å². The largest absolute Gasteiger partial charge is 0.366 e. The fourth-order valence-corrected chi connectivity index (χ4v) is 3.14. The molecule has 0 spiro atoms. The Morgan fingerprint density at radius 2 is 2.00 bits per heavy atom. The summed E-state index contributed by atoms with van der Waals surface area (Å²) in [7, 11) is 3.65. The highest BCUT2D eigenvalue weighted by Crippen LogP contribution is 2.21. The fraction of sp³-hybridized carbons (Fsp3) is 0.444. The summed E-state index contributed by atoms with van der Waals surface area (Å²) < 4.78 is 29.1. The molecule has 6 nitrogen and oxygen atoms in total. The van der Waals surface area contributed by atoms with Crippen LogP contribution < -0.4 is 10.2 Å². The number of piperazine rings is 1. The molecule has 1 aromatic carbocycles. The van der Waals surface area contributed by atoms with Crippen molar-refractivity contribution in [1.82, 2.24) is 20.0 Å². The molecule has 140 valence electrons. The number of aryl methyl sites for hydroxylation is 1. The van der Waals surface area contributed by atoms with Gasteiger partial charge in [0.15, 0.2) is 5.96 Å². The lowest BCUT2D eigenvalue weighted by molar-refractivity contribution is 0.371. The second kappa shape index (κ2) is 8.16. The standard InChI is InChI=1S/C18H24F2N6/c1-21-18(22-6-5-14-12-23-24(2)13-14)26-9-7-25(8-10-26)17-11-15(19)3-4-16(17)20/h3-4,11-13H,5-10H2,1-2H3,(H,21,22). The molecular weight excluding hydrogens is 338 g/mol. The van der Waals surface area contributed by atoms with Gasteiger partial charge in [0, 0.05) is 59.1 Å². The summed E-state index contributed by atoms with van der Waals surface area (Å²) >= 11 is 0. The zero-order valence-electron chi connectivity index (χ0n) is 15.1. The second-order valence-electron chi connectivity index (χ2n) is 6.32. The number of aliphatic imine (C=N–C) groups is 1. The van der Waals surface area contributed by atoms with Crippen molar-refractivity contribution < 1.29 is 8.78 Å². The van der Waals surface area contributed by atoms with Crippen LogP contribution in [0.2, 0.25) is 0 Å². The SMILES string of the molecule is CN=C(NCCc1cnn(C)c1)N1CCN(c2cc(F)ccc2F)CC1. The van der Waals surface area contributed by atoms with Gasteiger partial charge in [0.25, 0.3) is 0 Å². The van der Waals surface area contributed by atoms with E-state index in [1.807, 2.05) is 24.3 Å². The summed E-state index contributed by atoms with van der Waals surface area (Å²) in [5.41, 5.74) is 1.49. The average Bonchev–Trinajstić information content (AvgIpc) is 3.06. The van der Waals surface area contributed by atoms with Gasteiger partial charge in [-0.05, 0) is 24.1 Å². The van der Waals surface area contributed by atoms with Crippen LogP contribution in [0.5, 0.6) is 0 Å². The van der Waals surface area contributed by atoms with Crippen LogP contribution in [0.25, 0.3) is 0 Å². The average molecular weight is 362 g/mol. The minimum absolute atomic E-state index is 0.323. The first-order chi connectivity index (χ1) is 12.6. The number of anilines is 1. The first-order valence-corrected chi connectivity index (χ1v) is 8.70. The summed E-state index contributed by atoms with van der Waals surface area (Å²) in [6.07, 6.45) is 4.72. The molecule has 0 radical (unpaired) electrons. The summed E-state index contributed by atoms with van der Waals surface area (Å²) in [6, 6.07) is 3.57. The van der Waals surface area contributed by atoms with Gasteiger partial charge in [-0.3, -0.25) is 9.67 Å². The minimum atomic E-state index is -0.420. The topological polar surface area (TPSA) is 48.7 Å². The molecule has 0 unspecified atom stereocenters. The number of rotatable bonds is 4. The summed E-state index contributed by atoms with van der Waals surface area (Å²) in [4.78, 5) is 8.34. The van der Waals surface area contributed by atoms with Gasteiger partial charge in [-0.1, -0.05) is 0 Å². The lowest BCUT2D eigenvalue weighted by Crippen LogP contribution is -2.53. The number of halogens is 2. The Morgan fingerprint density at radius 1 is 1.23 bits per heavy atom. The Kier molecular flexibility index (Phi) is 5.70. The molecule has 1 saturated heterocycles. The number of aromatic nitrogens is 2. The molecule has 8 heteroatoms. The quantitative estimate of drug-likeness (QED) is 0.664. The molecule has 0 amide bonds. The monoisotopic (exact) mass is 362 g/mol. The predicted octanol–water partition coefficient (Wildman–Crippen LogP) is 1.64. The van der Waals surface area contributed by atoms with E-state index in [0.717, 1.165) is 25.0 Å². The van der Waals surface area contributed by atoms with E-state index in [2.05, 4.69) is 20.3 Å². The van der Waals surface area contributed by atoms with Crippen LogP contribution in [0, 0.1) is 11.6 Å². The van der Waals surface area contributed by atoms with E-state index in [0.29, 0.717) is 31.9 Å². The third-order valence-electron chi connectivity index (χ3n) is 4.50. The van der Waals surface area contributed by atoms with Crippen LogP contribution in [-0.2, 0) is 13.5 Å². The molecule has 1 N–H and O–H groups in total. The minimum Gasteiger partial charge on any atom is -0.366 e. The van der Waals surface area contributed by atoms with Gasteiger partial charge in [0.1, 0.15) is 11.6 Å². The third kappa shape index (κ3) is 4.30. The first kappa shape index (κ1) is 18.2. The maximum atomic E-state index is 13.9. The van der Waals surface area contributed by atoms with Gasteiger partial charge in [0.2, 0.25) is 0 Å². The van der Waals surface area contributed by atoms with E-state index in [1.165, 1.54) is 17.7 Å². The highest BCUT2D eigenvalue weighted by Gasteiger charge is 2.21. The van der Waals surface area contributed by atoms with Crippen molar-refractivity contribution in [2.75, 3.05) is 44.7 Å². The second-order valence-corrected chi connectivity index (χ2v) is 6.32. The normalized spacial score (nSPS) is 15.5. The highest BCUT2D eigenvalue weighted by atomic mass is 19.1. The van der Waals surface area contributed by atoms with Gasteiger partial charge >= 0.3 is 0 Å². The van der Waals surface area contributed by atoms with Crippen molar-refractivity contribution >= 4 is 11.6 Å². The Hall–Kier alpha value is -2.64. The van der Waals surface area contributed by atoms with Crippen LogP contribution >= 0.6 is 0 Å². The number of hydrogen-bond donors (Lipinski definition) is 1. The summed E-state index contributed by atoms with van der Waals surface area (Å²) in [6.45, 7) is 3.38. The summed E-state index contributed by atoms with van der Waals surface area (Å²) in [5.74, 6) is 0.0174. The molecule has 1 aliphatic heterocycles. The molecule has 0 bridgehead atoms. The number of nitrogens with zero attached hydrogens (tertiary/aromatic N) is 5. The number of nitrogens with one attached hydrogen (secondary N) is 1. The molecule has 2 aromatic rings. The highest BCUT2D eigenvalue weighted by molar-refractivity contribution is 5.80. The van der Waals surface area contributed by atoms with E-state index in [-0.39, 0.29) is 5.82 Å². The lowest BCUT2D eigenvalue weighted by atomic mass is 10.2. The molecule has 1 fully saturated rings. The maximum Gasteiger partial charge on any atom is 0.193 e. The van der Waals surface area contributed by atoms with Crippen LogP contribution in [-0.4, -0.2) is 60.4 Å². The Bertz CT molecular complexity index is 765. The molecule has 0 aliphatic carbocycles. The van der Waals surface area contributed by atoms with Gasteiger partial charge in [-0.2, -0.15) is 5.10 Å². The predicted molar refractivity (Wildman–Crippen MR) is 98.4 cm³/mol. The van der Waals surface area contributed by atoms with E-state index in [1.54, 1.807) is 11.7 Å². The van der Waals surface area contributed by atoms with Crippen LogP contribution in [0.4, 0.5) is 14.5 Å². The van der Waals surface area contributed by atoms with Gasteiger partial charge in [-0.25, -0.2) is 8.78 Å². The van der Waals surface area contributed by atoms with Crippen molar-refractivity contribution in [1.29, 1.82) is 0 Å². The number of benzene rings is 1. The molecule has 3 rings (SSSR count). The Labute approximate surface area is 152 Å². The molecule has 2 heterocycles. The van der Waals surface area contributed by atoms with Gasteiger partial charge < -0.3 is 15.1 Å². The van der Waals surface area contributed by atoms with Gasteiger partial charge in [-0.15, -0.1) is 0 Å². The van der Waals surface area contributed by atoms with E-state index >= 15 is 0 Å². The Balaban J connectivity index is 1.51. The first-order valence-electron chi connectivity index (χ1n) is 8.70. The molecule has 0 atom stereocenters. The van der Waals surface area contributed by atoms with Crippen LogP contribution in [0.3, 0.4) is 0 Å². The van der Waals surface area contributed by atoms with Crippen molar-refractivity contribution in [3.63, 3.8) is 0 Å². The molecule has 26 heavy (non-hydrogen) atoms. The van der Waals surface area contributed by atoms with Gasteiger partial charge in [0.05, 0.1) is 11.9 Å². The molecule has 0 saturated carbocycles. The maximum absolute atomic E-state index is 13.9. The number of guanidine groups is 1. The van der Waals surface area contributed by atoms with Crippen molar-refractivity contribution in [3.8, 4) is 0 Å². The fourth-order valence-electron chi connectivity index (χ4n) is 3.14. The van der Waals surface area contributed by atoms with Crippen LogP contribution in [0.15, 0.2) is 35.6 Å². The zero-order chi connectivity index (χ0) is 18.5. The van der Waals surface area contributed by atoms with Crippen molar-refractivity contribution in [2.45, 2.75) is 6.42 Å². The van der Waals surface area contributed by atoms with E-state index in [9.17, 15) is 8.78 Å². The molecule has 1 aliphatic rings. The zero-order valence-corrected chi connectivity index (χ0v) is 15.1. The number of hydrogen-bond acceptors (Lipinski definition) is 3. The molecular formula is C18H24F2N6. The smallest absolute Gasteiger partial charge is 0.193 e. The van der Waals surface area contributed by atoms with Crippen molar-refractivity contribution in [3.05, 3.63) is 47.8 Å². The lowest BCUT2D eigenvalue weighted by Gasteiger charge is -2.37. The summed E-state index contributed by atoms with van der Waals surface area (Å²) in [5, 5.41) is 7.52. The van der Waals surface area contributed by atoms with Crippen molar-refractivity contribution in [2.24, 2.45) is 12.0 Å². The van der Waals surface area contributed by atoms with Crippen LogP contribution in [0.1, 0.15) is 5.56 Å². The Morgan fingerprint density at radius 3 is 2.65 bits per heavy atom. The third-order valence-corrected chi connectivity index (χ3v) is 4.50.